The second-order valence-corrected chi connectivity index (χ2v) is 5.49. The Hall–Kier alpha value is -1.03. The molecule has 0 bridgehead atoms. The van der Waals surface area contributed by atoms with Gasteiger partial charge in [-0.05, 0) is 61.3 Å². The van der Waals surface area contributed by atoms with E-state index in [0.717, 1.165) is 10.0 Å². The van der Waals surface area contributed by atoms with Crippen LogP contribution in [0.1, 0.15) is 36.7 Å². The first kappa shape index (κ1) is 13.0. The molecule has 16 heavy (non-hydrogen) atoms. The zero-order valence-corrected chi connectivity index (χ0v) is 11.5. The normalized spacial score (nSPS) is 11.3. The molecule has 0 spiro atoms. The molecule has 0 saturated carbocycles. The third-order valence-electron chi connectivity index (χ3n) is 1.92. The van der Waals surface area contributed by atoms with Crippen molar-refractivity contribution in [1.82, 2.24) is 0 Å². The minimum Gasteiger partial charge on any atom is -0.456 e. The van der Waals surface area contributed by atoms with Gasteiger partial charge in [0.15, 0.2) is 0 Å². The minimum atomic E-state index is -0.493. The summed E-state index contributed by atoms with van der Waals surface area (Å²) in [6, 6.07) is 3.37. The number of hydrogen-bond donors (Lipinski definition) is 1. The third-order valence-corrected chi connectivity index (χ3v) is 3.00. The van der Waals surface area contributed by atoms with Gasteiger partial charge in [-0.15, -0.1) is 0 Å². The van der Waals surface area contributed by atoms with E-state index in [0.29, 0.717) is 11.3 Å². The number of esters is 1. The lowest BCUT2D eigenvalue weighted by atomic mass is 10.1. The van der Waals surface area contributed by atoms with Crippen molar-refractivity contribution >= 4 is 27.6 Å². The third kappa shape index (κ3) is 3.23. The van der Waals surface area contributed by atoms with Crippen molar-refractivity contribution in [2.24, 2.45) is 0 Å². The molecule has 0 aliphatic carbocycles. The molecule has 0 fully saturated rings. The number of aryl methyl sites for hydroxylation is 1. The van der Waals surface area contributed by atoms with E-state index < -0.39 is 5.60 Å². The van der Waals surface area contributed by atoms with E-state index in [2.05, 4.69) is 15.9 Å². The van der Waals surface area contributed by atoms with Crippen LogP contribution in [0, 0.1) is 6.92 Å². The second-order valence-electron chi connectivity index (χ2n) is 4.70. The summed E-state index contributed by atoms with van der Waals surface area (Å²) in [5.41, 5.74) is 7.21. The molecule has 0 saturated heterocycles. The summed E-state index contributed by atoms with van der Waals surface area (Å²) in [6.45, 7) is 7.38. The second kappa shape index (κ2) is 4.45. The Balaban J connectivity index is 3.02. The number of halogens is 1. The lowest BCUT2D eigenvalue weighted by molar-refractivity contribution is 0.00695. The molecule has 1 aromatic rings. The van der Waals surface area contributed by atoms with Crippen molar-refractivity contribution in [1.29, 1.82) is 0 Å². The first-order valence-corrected chi connectivity index (χ1v) is 5.79. The number of hydrogen-bond acceptors (Lipinski definition) is 3. The van der Waals surface area contributed by atoms with Gasteiger partial charge >= 0.3 is 5.97 Å². The van der Waals surface area contributed by atoms with Crippen molar-refractivity contribution in [2.75, 3.05) is 5.73 Å². The maximum Gasteiger partial charge on any atom is 0.338 e. The molecule has 0 unspecified atom stereocenters. The molecule has 0 amide bonds. The van der Waals surface area contributed by atoms with Gasteiger partial charge in [-0.25, -0.2) is 4.79 Å². The van der Waals surface area contributed by atoms with E-state index >= 15 is 0 Å². The van der Waals surface area contributed by atoms with Crippen LogP contribution in [0.25, 0.3) is 0 Å². The predicted molar refractivity (Wildman–Crippen MR) is 68.5 cm³/mol. The molecule has 0 heterocycles. The molecule has 88 valence electrons. The number of carbonyl (C=O) groups is 1. The number of nitrogen functional groups attached to an aromatic ring is 1. The SMILES string of the molecule is Cc1cc(C(=O)OC(C)(C)C)cc(N)c1Br. The fraction of sp³-hybridized carbons (Fsp3) is 0.417. The van der Waals surface area contributed by atoms with E-state index in [9.17, 15) is 4.79 Å². The fourth-order valence-electron chi connectivity index (χ4n) is 1.25. The molecule has 0 aliphatic rings. The molecule has 2 N–H and O–H groups in total. The van der Waals surface area contributed by atoms with Crippen LogP contribution in [-0.2, 0) is 4.74 Å². The average molecular weight is 286 g/mol. The van der Waals surface area contributed by atoms with E-state index in [1.807, 2.05) is 27.7 Å². The number of anilines is 1. The average Bonchev–Trinajstić information content (AvgIpc) is 2.10. The van der Waals surface area contributed by atoms with Crippen molar-refractivity contribution in [3.63, 3.8) is 0 Å². The molecule has 0 radical (unpaired) electrons. The maximum absolute atomic E-state index is 11.8. The molecule has 0 atom stereocenters. The summed E-state index contributed by atoms with van der Waals surface area (Å²) < 4.78 is 6.08. The molecular formula is C12H16BrNO2. The number of carbonyl (C=O) groups excluding carboxylic acids is 1. The van der Waals surface area contributed by atoms with Crippen LogP contribution in [0.5, 0.6) is 0 Å². The smallest absolute Gasteiger partial charge is 0.338 e. The van der Waals surface area contributed by atoms with Crippen molar-refractivity contribution < 1.29 is 9.53 Å². The topological polar surface area (TPSA) is 52.3 Å². The quantitative estimate of drug-likeness (QED) is 0.636. The predicted octanol–water partition coefficient (Wildman–Crippen LogP) is 3.30. The van der Waals surface area contributed by atoms with Gasteiger partial charge < -0.3 is 10.5 Å². The van der Waals surface area contributed by atoms with Crippen LogP contribution in [0.2, 0.25) is 0 Å². The van der Waals surface area contributed by atoms with E-state index in [4.69, 9.17) is 10.5 Å². The van der Waals surface area contributed by atoms with Crippen LogP contribution in [0.15, 0.2) is 16.6 Å². The van der Waals surface area contributed by atoms with Crippen molar-refractivity contribution in [3.8, 4) is 0 Å². The Morgan fingerprint density at radius 3 is 2.38 bits per heavy atom. The Kier molecular flexibility index (Phi) is 3.63. The molecule has 3 nitrogen and oxygen atoms in total. The Morgan fingerprint density at radius 1 is 1.38 bits per heavy atom. The molecule has 0 aliphatic heterocycles. The Labute approximate surface area is 104 Å². The Morgan fingerprint density at radius 2 is 1.94 bits per heavy atom. The fourth-order valence-corrected chi connectivity index (χ4v) is 1.48. The van der Waals surface area contributed by atoms with Gasteiger partial charge in [-0.2, -0.15) is 0 Å². The molecule has 1 aromatic carbocycles. The monoisotopic (exact) mass is 285 g/mol. The summed E-state index contributed by atoms with van der Waals surface area (Å²) in [5.74, 6) is -0.352. The van der Waals surface area contributed by atoms with Crippen molar-refractivity contribution in [3.05, 3.63) is 27.7 Å². The molecule has 1 rings (SSSR count). The first-order valence-electron chi connectivity index (χ1n) is 4.99. The summed E-state index contributed by atoms with van der Waals surface area (Å²) in [4.78, 5) is 11.8. The van der Waals surface area contributed by atoms with Gasteiger partial charge in [0.2, 0.25) is 0 Å². The zero-order chi connectivity index (χ0) is 12.5. The van der Waals surface area contributed by atoms with E-state index in [-0.39, 0.29) is 5.97 Å². The number of rotatable bonds is 1. The van der Waals surface area contributed by atoms with Crippen LogP contribution in [0.3, 0.4) is 0 Å². The highest BCUT2D eigenvalue weighted by atomic mass is 79.9. The highest BCUT2D eigenvalue weighted by Crippen LogP contribution is 2.26. The summed E-state index contributed by atoms with van der Waals surface area (Å²) in [6.07, 6.45) is 0. The first-order chi connectivity index (χ1) is 7.20. The number of ether oxygens (including phenoxy) is 1. The van der Waals surface area contributed by atoms with Crippen molar-refractivity contribution in [2.45, 2.75) is 33.3 Å². The van der Waals surface area contributed by atoms with Crippen LogP contribution in [-0.4, -0.2) is 11.6 Å². The maximum atomic E-state index is 11.8. The lowest BCUT2D eigenvalue weighted by Gasteiger charge is -2.20. The highest BCUT2D eigenvalue weighted by molar-refractivity contribution is 9.10. The summed E-state index contributed by atoms with van der Waals surface area (Å²) in [7, 11) is 0. The minimum absolute atomic E-state index is 0.352. The number of benzene rings is 1. The Bertz CT molecular complexity index is 399. The van der Waals surface area contributed by atoms with Crippen LogP contribution >= 0.6 is 15.9 Å². The molecule has 0 aromatic heterocycles. The summed E-state index contributed by atoms with van der Waals surface area (Å²) >= 11 is 3.35. The molecule has 4 heteroatoms. The number of nitrogens with two attached hydrogens (primary N) is 1. The van der Waals surface area contributed by atoms with Gasteiger partial charge in [-0.3, -0.25) is 0 Å². The van der Waals surface area contributed by atoms with Gasteiger partial charge in [-0.1, -0.05) is 0 Å². The largest absolute Gasteiger partial charge is 0.456 e. The zero-order valence-electron chi connectivity index (χ0n) is 9.93. The van der Waals surface area contributed by atoms with Crippen LogP contribution < -0.4 is 5.73 Å². The van der Waals surface area contributed by atoms with Gasteiger partial charge in [0, 0.05) is 10.2 Å². The van der Waals surface area contributed by atoms with E-state index in [1.54, 1.807) is 12.1 Å². The van der Waals surface area contributed by atoms with Gasteiger partial charge in [0.1, 0.15) is 5.60 Å². The van der Waals surface area contributed by atoms with Gasteiger partial charge in [0.05, 0.1) is 5.56 Å². The van der Waals surface area contributed by atoms with Gasteiger partial charge in [0.25, 0.3) is 0 Å². The van der Waals surface area contributed by atoms with E-state index in [1.165, 1.54) is 0 Å². The van der Waals surface area contributed by atoms with Crippen LogP contribution in [0.4, 0.5) is 5.69 Å². The standard InChI is InChI=1S/C12H16BrNO2/c1-7-5-8(6-9(14)10(7)13)11(15)16-12(2,3)4/h5-6H,14H2,1-4H3. The molecular weight excluding hydrogens is 270 g/mol. The summed E-state index contributed by atoms with van der Waals surface area (Å²) in [5, 5.41) is 0. The highest BCUT2D eigenvalue weighted by Gasteiger charge is 2.18. The lowest BCUT2D eigenvalue weighted by Crippen LogP contribution is -2.24.